The molecule has 0 amide bonds. The molecule has 0 aliphatic heterocycles. The maximum atomic E-state index is 2.44. The summed E-state index contributed by atoms with van der Waals surface area (Å²) in [5, 5.41) is 0. The molecule has 0 heterocycles. The van der Waals surface area contributed by atoms with Gasteiger partial charge in [0.25, 0.3) is 0 Å². The zero-order chi connectivity index (χ0) is 18.8. The van der Waals surface area contributed by atoms with Crippen molar-refractivity contribution in [3.8, 4) is 0 Å². The zero-order valence-electron chi connectivity index (χ0n) is 16.6. The largest absolute Gasteiger partial charge is 0.0643 e. The van der Waals surface area contributed by atoms with Crippen molar-refractivity contribution in [2.24, 2.45) is 5.41 Å². The van der Waals surface area contributed by atoms with Crippen LogP contribution in [0.3, 0.4) is 0 Å². The summed E-state index contributed by atoms with van der Waals surface area (Å²) in [5.74, 6) is 0.435. The van der Waals surface area contributed by atoms with Crippen LogP contribution in [0.15, 0.2) is 82.5 Å². The summed E-state index contributed by atoms with van der Waals surface area (Å²) in [7, 11) is 0. The molecular formula is C27H26. The maximum Gasteiger partial charge on any atom is 0.0147 e. The van der Waals surface area contributed by atoms with Crippen LogP contribution < -0.4 is 0 Å². The molecule has 3 aliphatic carbocycles. The average Bonchev–Trinajstić information content (AvgIpc) is 3.14. The lowest BCUT2D eigenvalue weighted by molar-refractivity contribution is 0.392. The molecule has 3 aliphatic rings. The molecule has 0 saturated carbocycles. The van der Waals surface area contributed by atoms with Crippen molar-refractivity contribution in [1.82, 2.24) is 0 Å². The van der Waals surface area contributed by atoms with Gasteiger partial charge < -0.3 is 0 Å². The van der Waals surface area contributed by atoms with Crippen molar-refractivity contribution in [3.05, 3.63) is 105 Å². The van der Waals surface area contributed by atoms with E-state index in [-0.39, 0.29) is 5.41 Å². The van der Waals surface area contributed by atoms with Crippen molar-refractivity contribution in [2.75, 3.05) is 0 Å². The van der Waals surface area contributed by atoms with Gasteiger partial charge >= 0.3 is 0 Å². The smallest absolute Gasteiger partial charge is 0.0147 e. The van der Waals surface area contributed by atoms with Gasteiger partial charge in [-0.25, -0.2) is 0 Å². The fourth-order valence-corrected chi connectivity index (χ4v) is 5.73. The minimum atomic E-state index is 0.0492. The van der Waals surface area contributed by atoms with Crippen molar-refractivity contribution in [3.63, 3.8) is 0 Å². The highest BCUT2D eigenvalue weighted by Crippen LogP contribution is 2.56. The second-order valence-electron chi connectivity index (χ2n) is 8.83. The van der Waals surface area contributed by atoms with Crippen LogP contribution in [-0.4, -0.2) is 0 Å². The van der Waals surface area contributed by atoms with Gasteiger partial charge in [-0.15, -0.1) is 0 Å². The second kappa shape index (κ2) is 5.70. The number of allylic oxidation sites excluding steroid dienone is 6. The fourth-order valence-electron chi connectivity index (χ4n) is 5.73. The Kier molecular flexibility index (Phi) is 3.49. The van der Waals surface area contributed by atoms with Crippen LogP contribution in [-0.2, 0) is 6.42 Å². The van der Waals surface area contributed by atoms with Gasteiger partial charge in [-0.05, 0) is 70.9 Å². The summed E-state index contributed by atoms with van der Waals surface area (Å²) in [6.07, 6.45) is 8.29. The molecule has 2 aromatic rings. The van der Waals surface area contributed by atoms with Gasteiger partial charge in [0.15, 0.2) is 0 Å². The summed E-state index contributed by atoms with van der Waals surface area (Å²) in [4.78, 5) is 0. The van der Waals surface area contributed by atoms with Gasteiger partial charge in [0.1, 0.15) is 0 Å². The highest BCUT2D eigenvalue weighted by atomic mass is 14.5. The second-order valence-corrected chi connectivity index (χ2v) is 8.83. The molecule has 0 aromatic heterocycles. The summed E-state index contributed by atoms with van der Waals surface area (Å²) >= 11 is 0. The molecule has 27 heavy (non-hydrogen) atoms. The van der Waals surface area contributed by atoms with E-state index in [4.69, 9.17) is 0 Å². The lowest BCUT2D eigenvalue weighted by Crippen LogP contribution is -2.26. The van der Waals surface area contributed by atoms with Crippen molar-refractivity contribution in [2.45, 2.75) is 40.0 Å². The minimum Gasteiger partial charge on any atom is -0.0643 e. The minimum absolute atomic E-state index is 0.0492. The van der Waals surface area contributed by atoms with E-state index in [0.29, 0.717) is 5.92 Å². The van der Waals surface area contributed by atoms with Gasteiger partial charge in [-0.3, -0.25) is 0 Å². The molecule has 5 rings (SSSR count). The zero-order valence-corrected chi connectivity index (χ0v) is 16.6. The van der Waals surface area contributed by atoms with Crippen LogP contribution in [0.1, 0.15) is 55.9 Å². The number of hydrogen-bond acceptors (Lipinski definition) is 0. The summed E-state index contributed by atoms with van der Waals surface area (Å²) in [6.45, 7) is 9.48. The van der Waals surface area contributed by atoms with E-state index in [0.717, 1.165) is 6.42 Å². The molecule has 1 atom stereocenters. The third kappa shape index (κ3) is 2.36. The van der Waals surface area contributed by atoms with Gasteiger partial charge in [-0.1, -0.05) is 80.1 Å². The van der Waals surface area contributed by atoms with Crippen LogP contribution in [0.4, 0.5) is 0 Å². The summed E-state index contributed by atoms with van der Waals surface area (Å²) < 4.78 is 0. The van der Waals surface area contributed by atoms with Gasteiger partial charge in [0.2, 0.25) is 0 Å². The first-order valence-electron chi connectivity index (χ1n) is 9.96. The Morgan fingerprint density at radius 3 is 2.33 bits per heavy atom. The molecule has 0 heteroatoms. The third-order valence-corrected chi connectivity index (χ3v) is 6.65. The molecule has 0 radical (unpaired) electrons. The quantitative estimate of drug-likeness (QED) is 0.541. The van der Waals surface area contributed by atoms with E-state index >= 15 is 0 Å². The van der Waals surface area contributed by atoms with Crippen LogP contribution >= 0.6 is 0 Å². The monoisotopic (exact) mass is 350 g/mol. The standard InChI is InChI=1S/C27H26/c1-17-13-21-11-7-8-12-23(21)25(17)27(3,4)26-18(2)14-22-15-19-9-5-6-10-20(19)16-24(22)26/h5-14,16,25H,15H2,1-4H3. The predicted molar refractivity (Wildman–Crippen MR) is 116 cm³/mol. The Balaban J connectivity index is 1.64. The highest BCUT2D eigenvalue weighted by molar-refractivity contribution is 5.78. The Labute approximate surface area is 162 Å². The van der Waals surface area contributed by atoms with Crippen molar-refractivity contribution in [1.29, 1.82) is 0 Å². The van der Waals surface area contributed by atoms with Gasteiger partial charge in [-0.2, -0.15) is 0 Å². The Hall–Kier alpha value is -2.60. The van der Waals surface area contributed by atoms with E-state index in [2.05, 4.69) is 94.5 Å². The van der Waals surface area contributed by atoms with Crippen LogP contribution in [0.25, 0.3) is 12.2 Å². The van der Waals surface area contributed by atoms with E-state index in [9.17, 15) is 0 Å². The molecule has 1 unspecified atom stereocenters. The Morgan fingerprint density at radius 1 is 0.815 bits per heavy atom. The summed E-state index contributed by atoms with van der Waals surface area (Å²) in [6, 6.07) is 17.7. The van der Waals surface area contributed by atoms with Crippen molar-refractivity contribution >= 4 is 12.2 Å². The number of benzene rings is 2. The Bertz CT molecular complexity index is 1080. The predicted octanol–water partition coefficient (Wildman–Crippen LogP) is 7.11. The lowest BCUT2D eigenvalue weighted by Gasteiger charge is -2.38. The normalized spacial score (nSPS) is 20.6. The molecule has 134 valence electrons. The first-order valence-corrected chi connectivity index (χ1v) is 9.96. The van der Waals surface area contributed by atoms with E-state index < -0.39 is 0 Å². The first-order chi connectivity index (χ1) is 13.0. The van der Waals surface area contributed by atoms with E-state index in [1.165, 1.54) is 50.1 Å². The van der Waals surface area contributed by atoms with E-state index in [1.807, 2.05) is 0 Å². The van der Waals surface area contributed by atoms with Crippen molar-refractivity contribution < 1.29 is 0 Å². The van der Waals surface area contributed by atoms with Gasteiger partial charge in [0.05, 0.1) is 0 Å². The Morgan fingerprint density at radius 2 is 1.52 bits per heavy atom. The molecule has 0 spiro atoms. The lowest BCUT2D eigenvalue weighted by atomic mass is 9.65. The highest BCUT2D eigenvalue weighted by Gasteiger charge is 2.42. The molecule has 0 saturated heterocycles. The molecule has 0 nitrogen and oxygen atoms in total. The first kappa shape index (κ1) is 16.6. The summed E-state index contributed by atoms with van der Waals surface area (Å²) in [5.41, 5.74) is 13.1. The molecular weight excluding hydrogens is 324 g/mol. The molecule has 0 fully saturated rings. The molecule has 0 N–H and O–H groups in total. The SMILES string of the molecule is CC1=Cc2ccccc2C1C(C)(C)C1=C(C)C=C2Cc3ccccc3C=C21. The maximum absolute atomic E-state index is 2.44. The third-order valence-electron chi connectivity index (χ3n) is 6.65. The number of hydrogen-bond donors (Lipinski definition) is 0. The van der Waals surface area contributed by atoms with Crippen LogP contribution in [0, 0.1) is 5.41 Å². The van der Waals surface area contributed by atoms with Crippen LogP contribution in [0.5, 0.6) is 0 Å². The molecule has 2 aromatic carbocycles. The van der Waals surface area contributed by atoms with Gasteiger partial charge in [0, 0.05) is 11.3 Å². The van der Waals surface area contributed by atoms with E-state index in [1.54, 1.807) is 0 Å². The number of fused-ring (bicyclic) bond motifs is 3. The number of rotatable bonds is 2. The molecule has 0 bridgehead atoms. The average molecular weight is 351 g/mol. The fraction of sp³-hybridized carbons (Fsp3) is 0.259. The van der Waals surface area contributed by atoms with Crippen LogP contribution in [0.2, 0.25) is 0 Å². The topological polar surface area (TPSA) is 0 Å².